The lowest BCUT2D eigenvalue weighted by Gasteiger charge is -2.25. The van der Waals surface area contributed by atoms with E-state index in [9.17, 15) is 4.79 Å². The van der Waals surface area contributed by atoms with E-state index in [1.165, 1.54) is 5.56 Å². The smallest absolute Gasteiger partial charge is 0.315 e. The minimum Gasteiger partial charge on any atom is -0.351 e. The molecule has 2 aromatic heterocycles. The fourth-order valence-electron chi connectivity index (χ4n) is 3.15. The van der Waals surface area contributed by atoms with Gasteiger partial charge < -0.3 is 15.2 Å². The van der Waals surface area contributed by atoms with Crippen LogP contribution in [-0.4, -0.2) is 42.0 Å². The molecule has 8 nitrogen and oxygen atoms in total. The molecule has 0 spiro atoms. The summed E-state index contributed by atoms with van der Waals surface area (Å²) in [6.07, 6.45) is 1.70. The Bertz CT molecular complexity index is 980. The van der Waals surface area contributed by atoms with Crippen LogP contribution in [0.25, 0.3) is 11.3 Å². The number of aromatic nitrogens is 5. The molecule has 27 heavy (non-hydrogen) atoms. The third-order valence-corrected chi connectivity index (χ3v) is 5.92. The summed E-state index contributed by atoms with van der Waals surface area (Å²) in [6, 6.07) is 10.0. The number of carbonyl (C=O) groups excluding carboxylic acids is 1. The number of urea groups is 1. The van der Waals surface area contributed by atoms with Crippen molar-refractivity contribution in [2.24, 2.45) is 12.8 Å². The number of carbonyl (C=O) groups is 1. The number of fused-ring (bicyclic) bond motifs is 1. The van der Waals surface area contributed by atoms with E-state index in [2.05, 4.69) is 35.3 Å². The minimum atomic E-state index is -0.388. The van der Waals surface area contributed by atoms with E-state index in [4.69, 9.17) is 10.8 Å². The van der Waals surface area contributed by atoms with E-state index in [0.717, 1.165) is 22.1 Å². The summed E-state index contributed by atoms with van der Waals surface area (Å²) in [4.78, 5) is 13.1. The Morgan fingerprint density at radius 3 is 2.89 bits per heavy atom. The maximum Gasteiger partial charge on any atom is 0.315 e. The molecule has 1 aliphatic rings. The molecule has 0 saturated heterocycles. The Kier molecular flexibility index (Phi) is 4.61. The summed E-state index contributed by atoms with van der Waals surface area (Å²) in [5, 5.41) is 13.9. The third-order valence-electron chi connectivity index (χ3n) is 4.71. The number of hydrogen-bond donors (Lipinski definition) is 1. The van der Waals surface area contributed by atoms with Gasteiger partial charge in [0, 0.05) is 24.4 Å². The van der Waals surface area contributed by atoms with Crippen LogP contribution in [0, 0.1) is 0 Å². The fraction of sp³-hybridized carbons (Fsp3) is 0.333. The number of thioether (sulfide) groups is 1. The van der Waals surface area contributed by atoms with E-state index < -0.39 is 0 Å². The lowest BCUT2D eigenvalue weighted by atomic mass is 10.1. The number of amides is 2. The van der Waals surface area contributed by atoms with Gasteiger partial charge in [-0.1, -0.05) is 30.0 Å². The molecule has 1 unspecified atom stereocenters. The Labute approximate surface area is 161 Å². The van der Waals surface area contributed by atoms with Gasteiger partial charge in [-0.25, -0.2) is 4.79 Å². The van der Waals surface area contributed by atoms with Crippen LogP contribution in [0.3, 0.4) is 0 Å². The van der Waals surface area contributed by atoms with E-state index in [1.807, 2.05) is 28.4 Å². The van der Waals surface area contributed by atoms with Crippen molar-refractivity contribution < 1.29 is 4.79 Å². The minimum absolute atomic E-state index is 0.232. The Morgan fingerprint density at radius 2 is 2.15 bits per heavy atom. The van der Waals surface area contributed by atoms with Crippen molar-refractivity contribution >= 4 is 17.8 Å². The highest BCUT2D eigenvalue weighted by atomic mass is 32.2. The average Bonchev–Trinajstić information content (AvgIpc) is 3.27. The highest BCUT2D eigenvalue weighted by molar-refractivity contribution is 7.99. The van der Waals surface area contributed by atoms with Crippen molar-refractivity contribution in [1.82, 2.24) is 29.4 Å². The Morgan fingerprint density at radius 1 is 1.30 bits per heavy atom. The van der Waals surface area contributed by atoms with Crippen molar-refractivity contribution in [2.45, 2.75) is 30.4 Å². The molecule has 0 radical (unpaired) electrons. The van der Waals surface area contributed by atoms with Crippen molar-refractivity contribution in [1.29, 1.82) is 0 Å². The first kappa shape index (κ1) is 17.6. The van der Waals surface area contributed by atoms with Gasteiger partial charge in [-0.2, -0.15) is 5.10 Å². The van der Waals surface area contributed by atoms with Crippen LogP contribution in [0.4, 0.5) is 4.79 Å². The number of primary amides is 1. The van der Waals surface area contributed by atoms with Gasteiger partial charge in [-0.3, -0.25) is 4.68 Å². The first-order valence-corrected chi connectivity index (χ1v) is 9.61. The number of aryl methyl sites for hydroxylation is 1. The summed E-state index contributed by atoms with van der Waals surface area (Å²) >= 11 is 1.67. The molecule has 1 aromatic carbocycles. The van der Waals surface area contributed by atoms with Gasteiger partial charge in [0.1, 0.15) is 6.33 Å². The second kappa shape index (κ2) is 7.07. The average molecular weight is 383 g/mol. The highest BCUT2D eigenvalue weighted by Gasteiger charge is 2.21. The summed E-state index contributed by atoms with van der Waals surface area (Å²) in [7, 11) is 1.94. The maximum absolute atomic E-state index is 11.4. The van der Waals surface area contributed by atoms with Crippen LogP contribution in [0.1, 0.15) is 23.4 Å². The van der Waals surface area contributed by atoms with Gasteiger partial charge in [0.15, 0.2) is 5.16 Å². The summed E-state index contributed by atoms with van der Waals surface area (Å²) in [5.74, 6) is 0. The van der Waals surface area contributed by atoms with Crippen molar-refractivity contribution in [2.75, 3.05) is 6.54 Å². The SMILES string of the molecule is CC(Sc1nncn1C)c1cccc(-c2cc3n(n2)CCN(C(N)=O)C3)c1. The second-order valence-electron chi connectivity index (χ2n) is 6.61. The third kappa shape index (κ3) is 3.55. The Hall–Kier alpha value is -2.81. The normalized spacial score (nSPS) is 14.8. The predicted octanol–water partition coefficient (Wildman–Crippen LogP) is 2.43. The number of benzene rings is 1. The van der Waals surface area contributed by atoms with Gasteiger partial charge in [0.05, 0.1) is 24.5 Å². The topological polar surface area (TPSA) is 94.9 Å². The fourth-order valence-corrected chi connectivity index (χ4v) is 4.06. The zero-order chi connectivity index (χ0) is 19.0. The molecular weight excluding hydrogens is 362 g/mol. The van der Waals surface area contributed by atoms with Gasteiger partial charge >= 0.3 is 6.03 Å². The molecule has 3 aromatic rings. The molecule has 140 valence electrons. The molecule has 0 saturated carbocycles. The standard InChI is InChI=1S/C18H21N7OS/c1-12(27-18-21-20-11-23(18)2)13-4-3-5-14(8-13)16-9-15-10-24(17(19)26)6-7-25(15)22-16/h3-5,8-9,11-12H,6-7,10H2,1-2H3,(H2,19,26). The van der Waals surface area contributed by atoms with Gasteiger partial charge in [-0.05, 0) is 24.6 Å². The largest absolute Gasteiger partial charge is 0.351 e. The van der Waals surface area contributed by atoms with Gasteiger partial charge in [0.2, 0.25) is 0 Å². The van der Waals surface area contributed by atoms with Crippen LogP contribution in [-0.2, 0) is 20.1 Å². The van der Waals surface area contributed by atoms with Gasteiger partial charge in [-0.15, -0.1) is 10.2 Å². The van der Waals surface area contributed by atoms with Crippen LogP contribution in [0.15, 0.2) is 41.8 Å². The summed E-state index contributed by atoms with van der Waals surface area (Å²) in [6.45, 7) is 3.91. The van der Waals surface area contributed by atoms with Gasteiger partial charge in [0.25, 0.3) is 0 Å². The second-order valence-corrected chi connectivity index (χ2v) is 7.92. The molecular formula is C18H21N7OS. The van der Waals surface area contributed by atoms with Crippen LogP contribution >= 0.6 is 11.8 Å². The summed E-state index contributed by atoms with van der Waals surface area (Å²) in [5.41, 5.74) is 9.58. The molecule has 1 atom stereocenters. The monoisotopic (exact) mass is 383 g/mol. The molecule has 2 amide bonds. The van der Waals surface area contributed by atoms with Crippen molar-refractivity contribution in [3.63, 3.8) is 0 Å². The molecule has 4 rings (SSSR count). The zero-order valence-corrected chi connectivity index (χ0v) is 16.1. The molecule has 2 N–H and O–H groups in total. The van der Waals surface area contributed by atoms with E-state index in [1.54, 1.807) is 23.0 Å². The number of nitrogens with zero attached hydrogens (tertiary/aromatic N) is 6. The van der Waals surface area contributed by atoms with E-state index >= 15 is 0 Å². The number of rotatable bonds is 4. The maximum atomic E-state index is 11.4. The molecule has 0 aliphatic carbocycles. The summed E-state index contributed by atoms with van der Waals surface area (Å²) < 4.78 is 3.87. The number of nitrogens with two attached hydrogens (primary N) is 1. The quantitative estimate of drug-likeness (QED) is 0.698. The van der Waals surface area contributed by atoms with Crippen molar-refractivity contribution in [3.8, 4) is 11.3 Å². The molecule has 0 bridgehead atoms. The zero-order valence-electron chi connectivity index (χ0n) is 15.2. The van der Waals surface area contributed by atoms with Crippen LogP contribution in [0.2, 0.25) is 0 Å². The lowest BCUT2D eigenvalue weighted by Crippen LogP contribution is -2.41. The van der Waals surface area contributed by atoms with Crippen LogP contribution in [0.5, 0.6) is 0 Å². The Balaban J connectivity index is 1.56. The predicted molar refractivity (Wildman–Crippen MR) is 103 cm³/mol. The molecule has 0 fully saturated rings. The van der Waals surface area contributed by atoms with E-state index in [-0.39, 0.29) is 11.3 Å². The number of hydrogen-bond acceptors (Lipinski definition) is 5. The first-order chi connectivity index (χ1) is 13.0. The molecule has 3 heterocycles. The van der Waals surface area contributed by atoms with Crippen molar-refractivity contribution in [3.05, 3.63) is 47.9 Å². The van der Waals surface area contributed by atoms with Crippen LogP contribution < -0.4 is 5.73 Å². The first-order valence-electron chi connectivity index (χ1n) is 8.73. The lowest BCUT2D eigenvalue weighted by molar-refractivity contribution is 0.190. The highest BCUT2D eigenvalue weighted by Crippen LogP contribution is 2.35. The molecule has 9 heteroatoms. The van der Waals surface area contributed by atoms with E-state index in [0.29, 0.717) is 19.6 Å². The molecule has 1 aliphatic heterocycles.